The molecule has 0 aliphatic heterocycles. The molecule has 0 unspecified atom stereocenters. The third kappa shape index (κ3) is 3.10. The molecule has 0 radical (unpaired) electrons. The first-order valence-electron chi connectivity index (χ1n) is 4.83. The van der Waals surface area contributed by atoms with Crippen molar-refractivity contribution in [2.75, 3.05) is 0 Å². The summed E-state index contributed by atoms with van der Waals surface area (Å²) >= 11 is 6.84. The Kier molecular flexibility index (Phi) is 4.38. The Morgan fingerprint density at radius 3 is 2.53 bits per heavy atom. The summed E-state index contributed by atoms with van der Waals surface area (Å²) in [5.74, 6) is -6.17. The van der Waals surface area contributed by atoms with Crippen LogP contribution in [-0.2, 0) is 10.7 Å². The van der Waals surface area contributed by atoms with Gasteiger partial charge in [-0.05, 0) is 12.1 Å². The van der Waals surface area contributed by atoms with Gasteiger partial charge in [0.25, 0.3) is 0 Å². The van der Waals surface area contributed by atoms with Crippen molar-refractivity contribution in [1.82, 2.24) is 0 Å². The Balaban J connectivity index is 3.34. The maximum absolute atomic E-state index is 13.6. The van der Waals surface area contributed by atoms with Crippen molar-refractivity contribution in [3.63, 3.8) is 0 Å². The lowest BCUT2D eigenvalue weighted by molar-refractivity contribution is -0.166. The molecule has 0 aromatic heterocycles. The van der Waals surface area contributed by atoms with E-state index in [4.69, 9.17) is 16.7 Å². The van der Waals surface area contributed by atoms with Gasteiger partial charge in [0.1, 0.15) is 0 Å². The van der Waals surface area contributed by atoms with Crippen LogP contribution < -0.4 is 0 Å². The molecule has 0 saturated carbocycles. The third-order valence-corrected chi connectivity index (χ3v) is 3.30. The fraction of sp³-hybridized carbons (Fsp3) is 0.364. The lowest BCUT2D eigenvalue weighted by Crippen LogP contribution is -2.26. The molecule has 0 bridgehead atoms. The number of hydrogen-bond donors (Lipinski definition) is 1. The van der Waals surface area contributed by atoms with E-state index in [1.54, 1.807) is 0 Å². The summed E-state index contributed by atoms with van der Waals surface area (Å²) in [6.07, 6.45) is 0. The predicted octanol–water partition coefficient (Wildman–Crippen LogP) is 4.02. The Labute approximate surface area is 107 Å². The van der Waals surface area contributed by atoms with Gasteiger partial charge in [-0.25, -0.2) is 4.79 Å². The normalized spacial score (nSPS) is 11.9. The zero-order valence-electron chi connectivity index (χ0n) is 9.21. The molecule has 1 rings (SSSR count). The second kappa shape index (κ2) is 5.23. The van der Waals surface area contributed by atoms with Crippen LogP contribution in [0.2, 0.25) is 5.02 Å². The van der Waals surface area contributed by atoms with Crippen LogP contribution >= 0.6 is 23.4 Å². The summed E-state index contributed by atoms with van der Waals surface area (Å²) in [4.78, 5) is 10.8. The number of thioether (sulfide) groups is 1. The van der Waals surface area contributed by atoms with Gasteiger partial charge in [-0.3, -0.25) is 0 Å². The molecule has 6 heteroatoms. The van der Waals surface area contributed by atoms with E-state index in [9.17, 15) is 13.6 Å². The Morgan fingerprint density at radius 1 is 1.47 bits per heavy atom. The summed E-state index contributed by atoms with van der Waals surface area (Å²) in [6, 6.07) is 4.23. The van der Waals surface area contributed by atoms with E-state index in [2.05, 4.69) is 0 Å². The minimum absolute atomic E-state index is 0.0526. The number of alkyl halides is 2. The summed E-state index contributed by atoms with van der Waals surface area (Å²) in [6.45, 7) is 3.66. The van der Waals surface area contributed by atoms with Crippen LogP contribution in [0.25, 0.3) is 0 Å². The molecule has 0 aliphatic carbocycles. The van der Waals surface area contributed by atoms with Gasteiger partial charge in [0.2, 0.25) is 0 Å². The van der Waals surface area contributed by atoms with Gasteiger partial charge in [0.15, 0.2) is 0 Å². The average Bonchev–Trinajstić information content (AvgIpc) is 2.15. The number of rotatable bonds is 4. The second-order valence-electron chi connectivity index (χ2n) is 3.66. The summed E-state index contributed by atoms with van der Waals surface area (Å²) in [5.41, 5.74) is -0.632. The van der Waals surface area contributed by atoms with Crippen molar-refractivity contribution in [3.8, 4) is 0 Å². The number of aliphatic carboxylic acids is 1. The summed E-state index contributed by atoms with van der Waals surface area (Å²) < 4.78 is 27.1. The Bertz CT molecular complexity index is 435. The van der Waals surface area contributed by atoms with Crippen molar-refractivity contribution in [1.29, 1.82) is 0 Å². The zero-order valence-corrected chi connectivity index (χ0v) is 10.8. The second-order valence-corrected chi connectivity index (χ2v) is 5.68. The molecule has 1 aromatic rings. The van der Waals surface area contributed by atoms with E-state index in [-0.39, 0.29) is 15.2 Å². The first-order chi connectivity index (χ1) is 7.76. The molecule has 0 amide bonds. The summed E-state index contributed by atoms with van der Waals surface area (Å²) in [5, 5.41) is 8.38. The van der Waals surface area contributed by atoms with Crippen LogP contribution in [0, 0.1) is 0 Å². The molecule has 0 atom stereocenters. The topological polar surface area (TPSA) is 37.3 Å². The fourth-order valence-electron chi connectivity index (χ4n) is 1.27. The van der Waals surface area contributed by atoms with Gasteiger partial charge in [0, 0.05) is 10.1 Å². The molecule has 1 aromatic carbocycles. The Morgan fingerprint density at radius 2 is 2.06 bits per heavy atom. The highest BCUT2D eigenvalue weighted by molar-refractivity contribution is 8.00. The first kappa shape index (κ1) is 14.3. The molecule has 17 heavy (non-hydrogen) atoms. The minimum atomic E-state index is -3.98. The van der Waals surface area contributed by atoms with Crippen LogP contribution in [0.3, 0.4) is 0 Å². The van der Waals surface area contributed by atoms with Crippen molar-refractivity contribution < 1.29 is 18.7 Å². The molecule has 0 saturated heterocycles. The molecule has 94 valence electrons. The van der Waals surface area contributed by atoms with Crippen molar-refractivity contribution in [2.24, 2.45) is 0 Å². The molecule has 0 spiro atoms. The molecule has 1 N–H and O–H groups in total. The molecule has 0 fully saturated rings. The third-order valence-electron chi connectivity index (χ3n) is 1.92. The molecule has 2 nitrogen and oxygen atoms in total. The number of carbonyl (C=O) groups is 1. The average molecular weight is 281 g/mol. The number of carboxylic acid groups (broad SMARTS) is 1. The van der Waals surface area contributed by atoms with Gasteiger partial charge in [-0.15, -0.1) is 11.8 Å². The van der Waals surface area contributed by atoms with Crippen molar-refractivity contribution >= 4 is 29.3 Å². The van der Waals surface area contributed by atoms with Gasteiger partial charge in [-0.2, -0.15) is 8.78 Å². The minimum Gasteiger partial charge on any atom is -0.477 e. The van der Waals surface area contributed by atoms with Crippen LogP contribution in [0.4, 0.5) is 8.78 Å². The fourth-order valence-corrected chi connectivity index (χ4v) is 2.64. The highest BCUT2D eigenvalue weighted by Crippen LogP contribution is 2.41. The predicted molar refractivity (Wildman–Crippen MR) is 64.0 cm³/mol. The molecular weight excluding hydrogens is 270 g/mol. The number of carboxylic acids is 1. The number of hydrogen-bond acceptors (Lipinski definition) is 2. The van der Waals surface area contributed by atoms with Crippen molar-refractivity contribution in [3.05, 3.63) is 28.8 Å². The number of benzene rings is 1. The first-order valence-corrected chi connectivity index (χ1v) is 6.09. The number of halogens is 3. The highest BCUT2D eigenvalue weighted by Gasteiger charge is 2.44. The van der Waals surface area contributed by atoms with Crippen molar-refractivity contribution in [2.45, 2.75) is 29.9 Å². The lowest BCUT2D eigenvalue weighted by atomic mass is 10.1. The summed E-state index contributed by atoms with van der Waals surface area (Å²) in [7, 11) is 0. The van der Waals surface area contributed by atoms with E-state index in [1.165, 1.54) is 18.2 Å². The van der Waals surface area contributed by atoms with Crippen LogP contribution in [0.15, 0.2) is 23.1 Å². The maximum atomic E-state index is 13.6. The van der Waals surface area contributed by atoms with Gasteiger partial charge < -0.3 is 5.11 Å². The standard InChI is InChI=1S/C11H11ClF2O2S/c1-6(2)17-8-5-3-4-7(12)9(8)11(13,14)10(15)16/h3-6H,1-2H3,(H,15,16). The Hall–Kier alpha value is -0.810. The van der Waals surface area contributed by atoms with Crippen LogP contribution in [0.1, 0.15) is 19.4 Å². The maximum Gasteiger partial charge on any atom is 0.379 e. The van der Waals surface area contributed by atoms with E-state index in [0.29, 0.717) is 0 Å². The molecule has 0 heterocycles. The highest BCUT2D eigenvalue weighted by atomic mass is 35.5. The van der Waals surface area contributed by atoms with E-state index in [1.807, 2.05) is 13.8 Å². The smallest absolute Gasteiger partial charge is 0.379 e. The molecular formula is C11H11ClF2O2S. The van der Waals surface area contributed by atoms with Gasteiger partial charge in [0.05, 0.1) is 10.6 Å². The van der Waals surface area contributed by atoms with Crippen LogP contribution in [-0.4, -0.2) is 16.3 Å². The lowest BCUT2D eigenvalue weighted by Gasteiger charge is -2.18. The van der Waals surface area contributed by atoms with E-state index >= 15 is 0 Å². The quantitative estimate of drug-likeness (QED) is 0.847. The van der Waals surface area contributed by atoms with E-state index in [0.717, 1.165) is 11.8 Å². The largest absolute Gasteiger partial charge is 0.477 e. The zero-order chi connectivity index (χ0) is 13.2. The molecule has 0 aliphatic rings. The monoisotopic (exact) mass is 280 g/mol. The SMILES string of the molecule is CC(C)Sc1cccc(Cl)c1C(F)(F)C(=O)O. The van der Waals surface area contributed by atoms with Crippen LogP contribution in [0.5, 0.6) is 0 Å². The van der Waals surface area contributed by atoms with Gasteiger partial charge in [-0.1, -0.05) is 31.5 Å². The van der Waals surface area contributed by atoms with Gasteiger partial charge >= 0.3 is 11.9 Å². The van der Waals surface area contributed by atoms with E-state index < -0.39 is 17.5 Å².